The fraction of sp³-hybridized carbons (Fsp3) is 0.276. The molecule has 0 saturated heterocycles. The van der Waals surface area contributed by atoms with Gasteiger partial charge in [-0.1, -0.05) is 122 Å². The number of anilines is 6. The number of rotatable bonds is 9. The summed E-state index contributed by atoms with van der Waals surface area (Å²) in [6.45, 7) is 0. The van der Waals surface area contributed by atoms with Gasteiger partial charge in [-0.25, -0.2) is 0 Å². The lowest BCUT2D eigenvalue weighted by atomic mass is 9.42. The van der Waals surface area contributed by atoms with Crippen molar-refractivity contribution in [1.82, 2.24) is 0 Å². The molecule has 5 aliphatic rings. The SMILES string of the molecule is c1ccc(N(c2ccc(C3CCCCC3)cc2)c2ccc(C3(c4ccc(N(c5ccccc5)c5cccc6c5oc5ccccc56)cc4)C4CC5CC(C4)CC3C5)cc2)cc1. The van der Waals surface area contributed by atoms with Gasteiger partial charge in [-0.05, 0) is 164 Å². The molecule has 0 unspecified atom stereocenters. The van der Waals surface area contributed by atoms with E-state index in [0.29, 0.717) is 17.8 Å². The first-order valence-corrected chi connectivity index (χ1v) is 23.1. The van der Waals surface area contributed by atoms with Crippen LogP contribution in [0.1, 0.15) is 86.8 Å². The van der Waals surface area contributed by atoms with E-state index in [4.69, 9.17) is 4.42 Å². The van der Waals surface area contributed by atoms with Gasteiger partial charge < -0.3 is 14.2 Å². The van der Waals surface area contributed by atoms with Crippen LogP contribution in [0.4, 0.5) is 34.1 Å². The maximum absolute atomic E-state index is 6.63. The van der Waals surface area contributed by atoms with E-state index in [1.807, 2.05) is 0 Å². The third-order valence-corrected chi connectivity index (χ3v) is 15.5. The van der Waals surface area contributed by atoms with Crippen LogP contribution in [0.5, 0.6) is 0 Å². The molecule has 7 aromatic carbocycles. The smallest absolute Gasteiger partial charge is 0.159 e. The molecule has 13 rings (SSSR count). The molecule has 61 heavy (non-hydrogen) atoms. The van der Waals surface area contributed by atoms with Crippen molar-refractivity contribution >= 4 is 56.1 Å². The van der Waals surface area contributed by atoms with Crippen LogP contribution in [0.2, 0.25) is 0 Å². The van der Waals surface area contributed by atoms with Gasteiger partial charge >= 0.3 is 0 Å². The molecule has 5 saturated carbocycles. The zero-order valence-corrected chi connectivity index (χ0v) is 35.0. The normalized spacial score (nSPS) is 23.4. The number of fused-ring (bicyclic) bond motifs is 3. The van der Waals surface area contributed by atoms with Crippen molar-refractivity contribution < 1.29 is 4.42 Å². The Balaban J connectivity index is 0.943. The number of furan rings is 1. The lowest BCUT2D eigenvalue weighted by Crippen LogP contribution is -2.56. The minimum absolute atomic E-state index is 0.0139. The monoisotopic (exact) mass is 794 g/mol. The van der Waals surface area contributed by atoms with Crippen LogP contribution in [0, 0.1) is 23.7 Å². The predicted octanol–water partition coefficient (Wildman–Crippen LogP) is 16.3. The van der Waals surface area contributed by atoms with E-state index < -0.39 is 0 Å². The molecule has 4 bridgehead atoms. The first-order chi connectivity index (χ1) is 30.2. The quantitative estimate of drug-likeness (QED) is 0.145. The molecule has 5 aliphatic carbocycles. The standard InChI is InChI=1S/C58H54N2O/c1-4-13-42(14-5-1)43-23-29-50(30-24-43)59(48-15-6-2-7-16-48)51-31-25-44(26-32-51)58(46-36-40-35-41(38-46)39-47(58)37-40)45-27-33-52(34-28-45)60(49-17-8-3-9-18-49)55-21-12-20-54-53-19-10-11-22-56(53)61-57(54)55/h2-3,6-12,15-34,40-42,46-47H,1,4-5,13-14,35-39H2. The Bertz CT molecular complexity index is 2750. The van der Waals surface area contributed by atoms with E-state index >= 15 is 0 Å². The molecular formula is C58H54N2O. The van der Waals surface area contributed by atoms with Crippen molar-refractivity contribution in [3.8, 4) is 0 Å². The number of hydrogen-bond donors (Lipinski definition) is 0. The van der Waals surface area contributed by atoms with E-state index in [9.17, 15) is 0 Å². The second kappa shape index (κ2) is 15.1. The average Bonchev–Trinajstić information content (AvgIpc) is 3.71. The first-order valence-electron chi connectivity index (χ1n) is 23.1. The van der Waals surface area contributed by atoms with Gasteiger partial charge in [0.05, 0.1) is 5.69 Å². The number of para-hydroxylation sites is 4. The van der Waals surface area contributed by atoms with Crippen LogP contribution in [0.15, 0.2) is 180 Å². The molecular weight excluding hydrogens is 741 g/mol. The third-order valence-electron chi connectivity index (χ3n) is 15.5. The highest BCUT2D eigenvalue weighted by Crippen LogP contribution is 2.65. The van der Waals surface area contributed by atoms with Gasteiger partial charge in [-0.2, -0.15) is 0 Å². The molecule has 1 heterocycles. The fourth-order valence-corrected chi connectivity index (χ4v) is 13.1. The molecule has 3 nitrogen and oxygen atoms in total. The summed E-state index contributed by atoms with van der Waals surface area (Å²) >= 11 is 0. The average molecular weight is 795 g/mol. The Labute approximate surface area is 360 Å². The summed E-state index contributed by atoms with van der Waals surface area (Å²) in [6.07, 6.45) is 13.5. The molecule has 0 N–H and O–H groups in total. The van der Waals surface area contributed by atoms with Crippen LogP contribution in [-0.4, -0.2) is 0 Å². The van der Waals surface area contributed by atoms with Crippen molar-refractivity contribution in [1.29, 1.82) is 0 Å². The largest absolute Gasteiger partial charge is 0.454 e. The van der Waals surface area contributed by atoms with Gasteiger partial charge in [-0.3, -0.25) is 0 Å². The van der Waals surface area contributed by atoms with Gasteiger partial charge in [0.1, 0.15) is 5.58 Å². The summed E-state index contributed by atoms with van der Waals surface area (Å²) in [5.41, 5.74) is 13.2. The fourth-order valence-electron chi connectivity index (χ4n) is 13.1. The van der Waals surface area contributed by atoms with Crippen molar-refractivity contribution in [2.24, 2.45) is 23.7 Å². The van der Waals surface area contributed by atoms with E-state index in [1.54, 1.807) is 0 Å². The predicted molar refractivity (Wildman–Crippen MR) is 253 cm³/mol. The van der Waals surface area contributed by atoms with Gasteiger partial charge in [0.2, 0.25) is 0 Å². The summed E-state index contributed by atoms with van der Waals surface area (Å²) in [6, 6.07) is 65.8. The molecule has 8 aromatic rings. The third kappa shape index (κ3) is 6.22. The molecule has 0 atom stereocenters. The molecule has 5 fully saturated rings. The second-order valence-corrected chi connectivity index (χ2v) is 18.8. The molecule has 1 aromatic heterocycles. The maximum Gasteiger partial charge on any atom is 0.159 e. The van der Waals surface area contributed by atoms with Crippen LogP contribution in [-0.2, 0) is 5.41 Å². The second-order valence-electron chi connectivity index (χ2n) is 18.8. The van der Waals surface area contributed by atoms with Gasteiger partial charge in [0, 0.05) is 44.6 Å². The molecule has 302 valence electrons. The number of nitrogens with zero attached hydrogens (tertiary/aromatic N) is 2. The van der Waals surface area contributed by atoms with Crippen molar-refractivity contribution in [2.45, 2.75) is 75.5 Å². The lowest BCUT2D eigenvalue weighted by molar-refractivity contribution is -0.0418. The Morgan fingerprint density at radius 3 is 1.51 bits per heavy atom. The van der Waals surface area contributed by atoms with Crippen LogP contribution in [0.3, 0.4) is 0 Å². The van der Waals surface area contributed by atoms with Crippen molar-refractivity contribution in [2.75, 3.05) is 9.80 Å². The molecule has 0 aliphatic heterocycles. The van der Waals surface area contributed by atoms with Crippen LogP contribution >= 0.6 is 0 Å². The van der Waals surface area contributed by atoms with E-state index in [1.165, 1.54) is 98.0 Å². The highest BCUT2D eigenvalue weighted by Gasteiger charge is 2.58. The van der Waals surface area contributed by atoms with Crippen LogP contribution < -0.4 is 9.80 Å². The molecule has 3 heteroatoms. The van der Waals surface area contributed by atoms with E-state index in [2.05, 4.69) is 186 Å². The lowest BCUT2D eigenvalue weighted by Gasteiger charge is -2.62. The Hall–Kier alpha value is -6.06. The topological polar surface area (TPSA) is 19.6 Å². The highest BCUT2D eigenvalue weighted by molar-refractivity contribution is 6.10. The van der Waals surface area contributed by atoms with Crippen LogP contribution in [0.25, 0.3) is 21.9 Å². The number of hydrogen-bond acceptors (Lipinski definition) is 3. The highest BCUT2D eigenvalue weighted by atomic mass is 16.3. The zero-order chi connectivity index (χ0) is 40.3. The molecule has 0 amide bonds. The zero-order valence-electron chi connectivity index (χ0n) is 35.0. The summed E-state index contributed by atoms with van der Waals surface area (Å²) in [7, 11) is 0. The first kappa shape index (κ1) is 36.8. The Kier molecular flexibility index (Phi) is 9.12. The maximum atomic E-state index is 6.63. The van der Waals surface area contributed by atoms with Gasteiger partial charge in [0.25, 0.3) is 0 Å². The molecule has 0 radical (unpaired) electrons. The summed E-state index contributed by atoms with van der Waals surface area (Å²) < 4.78 is 6.63. The van der Waals surface area contributed by atoms with Gasteiger partial charge in [-0.15, -0.1) is 0 Å². The minimum Gasteiger partial charge on any atom is -0.454 e. The Morgan fingerprint density at radius 1 is 0.410 bits per heavy atom. The minimum atomic E-state index is -0.0139. The number of benzene rings is 7. The van der Waals surface area contributed by atoms with Gasteiger partial charge in [0.15, 0.2) is 5.58 Å². The summed E-state index contributed by atoms with van der Waals surface area (Å²) in [5.74, 6) is 3.74. The van der Waals surface area contributed by atoms with Crippen molar-refractivity contribution in [3.05, 3.63) is 193 Å². The van der Waals surface area contributed by atoms with E-state index in [-0.39, 0.29) is 5.41 Å². The van der Waals surface area contributed by atoms with Crippen molar-refractivity contribution in [3.63, 3.8) is 0 Å². The van der Waals surface area contributed by atoms with E-state index in [0.717, 1.165) is 50.8 Å². The Morgan fingerprint density at radius 2 is 0.902 bits per heavy atom. The summed E-state index contributed by atoms with van der Waals surface area (Å²) in [4.78, 5) is 4.83. The molecule has 0 spiro atoms. The summed E-state index contributed by atoms with van der Waals surface area (Å²) in [5, 5.41) is 2.29.